The van der Waals surface area contributed by atoms with Crippen LogP contribution in [-0.4, -0.2) is 23.7 Å². The Bertz CT molecular complexity index is 462. The highest BCUT2D eigenvalue weighted by atomic mass is 16.3. The van der Waals surface area contributed by atoms with Crippen molar-refractivity contribution in [2.45, 2.75) is 25.4 Å². The normalized spacial score (nSPS) is 22.4. The van der Waals surface area contributed by atoms with Crippen LogP contribution in [0.25, 0.3) is 0 Å². The molecule has 0 radical (unpaired) electrons. The molecule has 0 aromatic heterocycles. The fourth-order valence-electron chi connectivity index (χ4n) is 2.28. The molecule has 0 spiro atoms. The van der Waals surface area contributed by atoms with Gasteiger partial charge < -0.3 is 10.4 Å². The van der Waals surface area contributed by atoms with Crippen LogP contribution in [-0.2, 0) is 0 Å². The number of nitriles is 1. The summed E-state index contributed by atoms with van der Waals surface area (Å²) < 4.78 is 0. The van der Waals surface area contributed by atoms with E-state index in [1.165, 1.54) is 0 Å². The van der Waals surface area contributed by atoms with Gasteiger partial charge in [-0.15, -0.1) is 0 Å². The first-order valence-electron chi connectivity index (χ1n) is 6.17. The van der Waals surface area contributed by atoms with Crippen molar-refractivity contribution in [2.24, 2.45) is 5.92 Å². The maximum absolute atomic E-state index is 11.8. The maximum atomic E-state index is 11.8. The van der Waals surface area contributed by atoms with Gasteiger partial charge in [0.25, 0.3) is 5.91 Å². The van der Waals surface area contributed by atoms with Gasteiger partial charge in [0.1, 0.15) is 0 Å². The van der Waals surface area contributed by atoms with E-state index < -0.39 is 0 Å². The van der Waals surface area contributed by atoms with Crippen molar-refractivity contribution in [3.63, 3.8) is 0 Å². The lowest BCUT2D eigenvalue weighted by molar-refractivity contribution is 0.0917. The van der Waals surface area contributed by atoms with Crippen LogP contribution in [0, 0.1) is 17.2 Å². The highest BCUT2D eigenvalue weighted by Crippen LogP contribution is 2.24. The molecular formula is C14H16N2O2. The average Bonchev–Trinajstić information content (AvgIpc) is 2.81. The average molecular weight is 244 g/mol. The molecule has 2 rings (SSSR count). The van der Waals surface area contributed by atoms with Gasteiger partial charge in [-0.2, -0.15) is 5.26 Å². The smallest absolute Gasteiger partial charge is 0.251 e. The second kappa shape index (κ2) is 5.65. The van der Waals surface area contributed by atoms with Crippen molar-refractivity contribution in [3.05, 3.63) is 35.4 Å². The van der Waals surface area contributed by atoms with Crippen LogP contribution in [0.2, 0.25) is 0 Å². The molecule has 1 saturated carbocycles. The van der Waals surface area contributed by atoms with Crippen LogP contribution in [0.3, 0.4) is 0 Å². The molecule has 0 bridgehead atoms. The van der Waals surface area contributed by atoms with Crippen LogP contribution in [0.1, 0.15) is 35.2 Å². The quantitative estimate of drug-likeness (QED) is 0.845. The SMILES string of the molecule is N#Cc1ccc(C(=O)NCC2CCCC2O)cc1. The van der Waals surface area contributed by atoms with Gasteiger partial charge in [-0.3, -0.25) is 4.79 Å². The molecule has 0 saturated heterocycles. The van der Waals surface area contributed by atoms with Gasteiger partial charge >= 0.3 is 0 Å². The van der Waals surface area contributed by atoms with Crippen LogP contribution in [0.4, 0.5) is 0 Å². The van der Waals surface area contributed by atoms with Crippen molar-refractivity contribution in [3.8, 4) is 6.07 Å². The minimum atomic E-state index is -0.286. The van der Waals surface area contributed by atoms with Crippen LogP contribution < -0.4 is 5.32 Å². The minimum absolute atomic E-state index is 0.154. The molecular weight excluding hydrogens is 228 g/mol. The van der Waals surface area contributed by atoms with E-state index in [2.05, 4.69) is 5.32 Å². The zero-order valence-corrected chi connectivity index (χ0v) is 10.1. The Labute approximate surface area is 106 Å². The molecule has 1 aromatic carbocycles. The Morgan fingerprint density at radius 1 is 1.39 bits per heavy atom. The lowest BCUT2D eigenvalue weighted by Crippen LogP contribution is -2.32. The number of benzene rings is 1. The second-order valence-corrected chi connectivity index (χ2v) is 4.66. The summed E-state index contributed by atoms with van der Waals surface area (Å²) in [6, 6.07) is 8.54. The Morgan fingerprint density at radius 2 is 2.11 bits per heavy atom. The van der Waals surface area contributed by atoms with Gasteiger partial charge in [-0.1, -0.05) is 6.42 Å². The molecule has 2 atom stereocenters. The zero-order valence-electron chi connectivity index (χ0n) is 10.1. The monoisotopic (exact) mass is 244 g/mol. The lowest BCUT2D eigenvalue weighted by Gasteiger charge is -2.15. The molecule has 1 aromatic rings. The topological polar surface area (TPSA) is 73.1 Å². The van der Waals surface area contributed by atoms with E-state index in [9.17, 15) is 9.90 Å². The van der Waals surface area contributed by atoms with Crippen LogP contribution in [0.15, 0.2) is 24.3 Å². The number of nitrogens with zero attached hydrogens (tertiary/aromatic N) is 1. The maximum Gasteiger partial charge on any atom is 0.251 e. The van der Waals surface area contributed by atoms with Crippen molar-refractivity contribution >= 4 is 5.91 Å². The molecule has 1 aliphatic carbocycles. The summed E-state index contributed by atoms with van der Waals surface area (Å²) in [4.78, 5) is 11.8. The Kier molecular flexibility index (Phi) is 3.96. The third-order valence-electron chi connectivity index (χ3n) is 3.42. The summed E-state index contributed by atoms with van der Waals surface area (Å²) in [5.41, 5.74) is 1.08. The highest BCUT2D eigenvalue weighted by Gasteiger charge is 2.25. The molecule has 2 unspecified atom stereocenters. The summed E-state index contributed by atoms with van der Waals surface area (Å²) in [5.74, 6) is 0.0194. The predicted molar refractivity (Wildman–Crippen MR) is 66.8 cm³/mol. The van der Waals surface area contributed by atoms with E-state index in [4.69, 9.17) is 5.26 Å². The van der Waals surface area contributed by atoms with E-state index in [-0.39, 0.29) is 17.9 Å². The molecule has 1 aliphatic rings. The molecule has 1 fully saturated rings. The van der Waals surface area contributed by atoms with Crippen LogP contribution >= 0.6 is 0 Å². The van der Waals surface area contributed by atoms with E-state index >= 15 is 0 Å². The second-order valence-electron chi connectivity index (χ2n) is 4.66. The fourth-order valence-corrected chi connectivity index (χ4v) is 2.28. The standard InChI is InChI=1S/C14H16N2O2/c15-8-10-4-6-11(7-5-10)14(18)16-9-12-2-1-3-13(12)17/h4-7,12-13,17H,1-3,9H2,(H,16,18). The number of carbonyl (C=O) groups is 1. The summed E-state index contributed by atoms with van der Waals surface area (Å²) >= 11 is 0. The minimum Gasteiger partial charge on any atom is -0.393 e. The summed E-state index contributed by atoms with van der Waals surface area (Å²) in [7, 11) is 0. The van der Waals surface area contributed by atoms with Crippen molar-refractivity contribution < 1.29 is 9.90 Å². The van der Waals surface area contributed by atoms with E-state index in [1.807, 2.05) is 6.07 Å². The first kappa shape index (κ1) is 12.6. The third-order valence-corrected chi connectivity index (χ3v) is 3.42. The molecule has 2 N–H and O–H groups in total. The van der Waals surface area contributed by atoms with Gasteiger partial charge in [-0.25, -0.2) is 0 Å². The van der Waals surface area contributed by atoms with Crippen LogP contribution in [0.5, 0.6) is 0 Å². The molecule has 0 heterocycles. The number of hydrogen-bond acceptors (Lipinski definition) is 3. The van der Waals surface area contributed by atoms with E-state index in [0.717, 1.165) is 19.3 Å². The van der Waals surface area contributed by atoms with Gasteiger partial charge in [0.15, 0.2) is 0 Å². The first-order valence-corrected chi connectivity index (χ1v) is 6.17. The number of carbonyl (C=O) groups excluding carboxylic acids is 1. The fraction of sp³-hybridized carbons (Fsp3) is 0.429. The number of hydrogen-bond donors (Lipinski definition) is 2. The third kappa shape index (κ3) is 2.88. The Balaban J connectivity index is 1.89. The summed E-state index contributed by atoms with van der Waals surface area (Å²) in [6.07, 6.45) is 2.54. The van der Waals surface area contributed by atoms with Crippen molar-refractivity contribution in [1.29, 1.82) is 5.26 Å². The molecule has 0 aliphatic heterocycles. The first-order chi connectivity index (χ1) is 8.70. The Hall–Kier alpha value is -1.86. The van der Waals surface area contributed by atoms with E-state index in [1.54, 1.807) is 24.3 Å². The lowest BCUT2D eigenvalue weighted by atomic mass is 10.1. The zero-order chi connectivity index (χ0) is 13.0. The van der Waals surface area contributed by atoms with Gasteiger partial charge in [0, 0.05) is 18.0 Å². The number of aliphatic hydroxyl groups is 1. The largest absolute Gasteiger partial charge is 0.393 e. The van der Waals surface area contributed by atoms with E-state index in [0.29, 0.717) is 17.7 Å². The molecule has 94 valence electrons. The number of amides is 1. The van der Waals surface area contributed by atoms with Gasteiger partial charge in [0.05, 0.1) is 17.7 Å². The number of aliphatic hydroxyl groups excluding tert-OH is 1. The molecule has 1 amide bonds. The number of rotatable bonds is 3. The molecule has 18 heavy (non-hydrogen) atoms. The predicted octanol–water partition coefficient (Wildman–Crippen LogP) is 1.45. The summed E-state index contributed by atoms with van der Waals surface area (Å²) in [6.45, 7) is 0.514. The summed E-state index contributed by atoms with van der Waals surface area (Å²) in [5, 5.41) is 21.1. The highest BCUT2D eigenvalue weighted by molar-refractivity contribution is 5.94. The number of nitrogens with one attached hydrogen (secondary N) is 1. The van der Waals surface area contributed by atoms with Gasteiger partial charge in [0.2, 0.25) is 0 Å². The molecule has 4 nitrogen and oxygen atoms in total. The van der Waals surface area contributed by atoms with Crippen molar-refractivity contribution in [1.82, 2.24) is 5.32 Å². The Morgan fingerprint density at radius 3 is 2.67 bits per heavy atom. The van der Waals surface area contributed by atoms with Crippen molar-refractivity contribution in [2.75, 3.05) is 6.54 Å². The molecule has 4 heteroatoms. The van der Waals surface area contributed by atoms with Gasteiger partial charge in [-0.05, 0) is 37.1 Å².